The molecule has 0 radical (unpaired) electrons. The van der Waals surface area contributed by atoms with Crippen LogP contribution in [-0.2, 0) is 27.7 Å². The molecular weight excluding hydrogens is 360 g/mol. The van der Waals surface area contributed by atoms with Crippen LogP contribution >= 0.6 is 0 Å². The molecule has 2 aromatic carbocycles. The molecule has 5 nitrogen and oxygen atoms in total. The van der Waals surface area contributed by atoms with Crippen LogP contribution in [0.2, 0.25) is 0 Å². The lowest BCUT2D eigenvalue weighted by atomic mass is 9.92. The number of aryl methyl sites for hydroxylation is 2. The van der Waals surface area contributed by atoms with E-state index in [0.717, 1.165) is 32.1 Å². The molecular formula is C21H24N2O3S. The largest absolute Gasteiger partial charge is 0.326 e. The number of sulfonamides is 1. The lowest BCUT2D eigenvalue weighted by Crippen LogP contribution is -2.33. The van der Waals surface area contributed by atoms with Crippen molar-refractivity contribution in [2.45, 2.75) is 56.4 Å². The lowest BCUT2D eigenvalue weighted by molar-refractivity contribution is -0.114. The average molecular weight is 385 g/mol. The SMILES string of the molecule is CC(=O)Nc1ccc(N(C2CC2)S(=O)(=O)c2ccc3c(c2)CCCC3)cc1. The summed E-state index contributed by atoms with van der Waals surface area (Å²) in [5.41, 5.74) is 3.74. The van der Waals surface area contributed by atoms with E-state index in [1.165, 1.54) is 24.5 Å². The van der Waals surface area contributed by atoms with Crippen molar-refractivity contribution < 1.29 is 13.2 Å². The van der Waals surface area contributed by atoms with Crippen molar-refractivity contribution >= 4 is 27.3 Å². The zero-order chi connectivity index (χ0) is 19.0. The van der Waals surface area contributed by atoms with Gasteiger partial charge < -0.3 is 5.32 Å². The lowest BCUT2D eigenvalue weighted by Gasteiger charge is -2.25. The molecule has 0 spiro atoms. The van der Waals surface area contributed by atoms with Crippen LogP contribution < -0.4 is 9.62 Å². The smallest absolute Gasteiger partial charge is 0.264 e. The highest BCUT2D eigenvalue weighted by Gasteiger charge is 2.38. The monoisotopic (exact) mass is 384 g/mol. The molecule has 4 rings (SSSR count). The number of hydrogen-bond acceptors (Lipinski definition) is 3. The number of nitrogens with zero attached hydrogens (tertiary/aromatic N) is 1. The Bertz CT molecular complexity index is 963. The fourth-order valence-electron chi connectivity index (χ4n) is 3.73. The van der Waals surface area contributed by atoms with Crippen LogP contribution in [-0.4, -0.2) is 20.4 Å². The molecule has 0 saturated heterocycles. The first-order valence-corrected chi connectivity index (χ1v) is 10.9. The van der Waals surface area contributed by atoms with Crippen LogP contribution in [0.1, 0.15) is 43.7 Å². The standard InChI is InChI=1S/C21H24N2O3S/c1-15(24)22-18-7-9-19(10-8-18)23(20-11-12-20)27(25,26)21-13-6-16-4-2-3-5-17(16)14-21/h6-10,13-14,20H,2-5,11-12H2,1H3,(H,22,24). The number of amides is 1. The molecule has 2 aliphatic rings. The Kier molecular flexibility index (Phi) is 4.68. The average Bonchev–Trinajstić information content (AvgIpc) is 3.47. The number of nitrogens with one attached hydrogen (secondary N) is 1. The summed E-state index contributed by atoms with van der Waals surface area (Å²) >= 11 is 0. The van der Waals surface area contributed by atoms with Gasteiger partial charge in [0, 0.05) is 18.7 Å². The van der Waals surface area contributed by atoms with Gasteiger partial charge >= 0.3 is 0 Å². The number of carbonyl (C=O) groups is 1. The molecule has 1 saturated carbocycles. The second-order valence-corrected chi connectivity index (χ2v) is 9.21. The molecule has 0 unspecified atom stereocenters. The summed E-state index contributed by atoms with van der Waals surface area (Å²) in [5.74, 6) is -0.150. The van der Waals surface area contributed by atoms with Crippen LogP contribution in [0, 0.1) is 0 Å². The summed E-state index contributed by atoms with van der Waals surface area (Å²) in [6.07, 6.45) is 6.02. The number of anilines is 2. The minimum absolute atomic E-state index is 0.0117. The topological polar surface area (TPSA) is 66.5 Å². The van der Waals surface area contributed by atoms with E-state index in [2.05, 4.69) is 5.32 Å². The minimum Gasteiger partial charge on any atom is -0.326 e. The van der Waals surface area contributed by atoms with E-state index in [4.69, 9.17) is 0 Å². The van der Waals surface area contributed by atoms with Crippen LogP contribution in [0.15, 0.2) is 47.4 Å². The normalized spacial score (nSPS) is 16.5. The van der Waals surface area contributed by atoms with E-state index < -0.39 is 10.0 Å². The summed E-state index contributed by atoms with van der Waals surface area (Å²) in [4.78, 5) is 11.6. The van der Waals surface area contributed by atoms with E-state index >= 15 is 0 Å². The first kappa shape index (κ1) is 18.0. The first-order chi connectivity index (χ1) is 12.9. The third kappa shape index (κ3) is 3.72. The van der Waals surface area contributed by atoms with E-state index in [1.807, 2.05) is 12.1 Å². The van der Waals surface area contributed by atoms with Gasteiger partial charge in [0.05, 0.1) is 10.6 Å². The fraction of sp³-hybridized carbons (Fsp3) is 0.381. The van der Waals surface area contributed by atoms with Gasteiger partial charge in [-0.1, -0.05) is 6.07 Å². The molecule has 0 aromatic heterocycles. The second-order valence-electron chi connectivity index (χ2n) is 7.40. The zero-order valence-corrected chi connectivity index (χ0v) is 16.3. The second kappa shape index (κ2) is 7.00. The van der Waals surface area contributed by atoms with E-state index in [0.29, 0.717) is 16.3 Å². The first-order valence-electron chi connectivity index (χ1n) is 9.49. The fourth-order valence-corrected chi connectivity index (χ4v) is 5.49. The molecule has 6 heteroatoms. The highest BCUT2D eigenvalue weighted by atomic mass is 32.2. The summed E-state index contributed by atoms with van der Waals surface area (Å²) in [6.45, 7) is 1.45. The van der Waals surface area contributed by atoms with Crippen molar-refractivity contribution in [3.05, 3.63) is 53.6 Å². The minimum atomic E-state index is -3.61. The van der Waals surface area contributed by atoms with Gasteiger partial charge in [0.1, 0.15) is 0 Å². The predicted molar refractivity (Wildman–Crippen MR) is 107 cm³/mol. The van der Waals surface area contributed by atoms with Gasteiger partial charge in [0.15, 0.2) is 0 Å². The Labute approximate surface area is 160 Å². The quantitative estimate of drug-likeness (QED) is 0.851. The van der Waals surface area contributed by atoms with Crippen LogP contribution in [0.4, 0.5) is 11.4 Å². The Hall–Kier alpha value is -2.34. The van der Waals surface area contributed by atoms with Gasteiger partial charge in [0.2, 0.25) is 5.91 Å². The van der Waals surface area contributed by atoms with Crippen molar-refractivity contribution in [3.8, 4) is 0 Å². The summed E-state index contributed by atoms with van der Waals surface area (Å²) in [7, 11) is -3.61. The molecule has 2 aromatic rings. The predicted octanol–water partition coefficient (Wildman–Crippen LogP) is 3.88. The molecule has 1 fully saturated rings. The molecule has 0 aliphatic heterocycles. The van der Waals surface area contributed by atoms with Gasteiger partial charge in [-0.2, -0.15) is 0 Å². The maximum absolute atomic E-state index is 13.4. The number of rotatable bonds is 5. The number of hydrogen-bond donors (Lipinski definition) is 1. The van der Waals surface area contributed by atoms with Gasteiger partial charge in [-0.3, -0.25) is 9.10 Å². The van der Waals surface area contributed by atoms with Crippen molar-refractivity contribution in [3.63, 3.8) is 0 Å². The van der Waals surface area contributed by atoms with Crippen molar-refractivity contribution in [1.29, 1.82) is 0 Å². The third-order valence-corrected chi connectivity index (χ3v) is 7.07. The molecule has 0 heterocycles. The number of benzene rings is 2. The molecule has 0 bridgehead atoms. The number of carbonyl (C=O) groups excluding carboxylic acids is 1. The molecule has 142 valence electrons. The van der Waals surface area contributed by atoms with Crippen LogP contribution in [0.5, 0.6) is 0 Å². The van der Waals surface area contributed by atoms with Crippen LogP contribution in [0.3, 0.4) is 0 Å². The number of fused-ring (bicyclic) bond motifs is 1. The van der Waals surface area contributed by atoms with Crippen molar-refractivity contribution in [2.24, 2.45) is 0 Å². The van der Waals surface area contributed by atoms with Crippen molar-refractivity contribution in [1.82, 2.24) is 0 Å². The van der Waals surface area contributed by atoms with Crippen LogP contribution in [0.25, 0.3) is 0 Å². The maximum Gasteiger partial charge on any atom is 0.264 e. The Morgan fingerprint density at radius 1 is 1.00 bits per heavy atom. The Morgan fingerprint density at radius 2 is 1.67 bits per heavy atom. The molecule has 2 aliphatic carbocycles. The molecule has 1 N–H and O–H groups in total. The highest BCUT2D eigenvalue weighted by molar-refractivity contribution is 7.92. The van der Waals surface area contributed by atoms with Crippen molar-refractivity contribution in [2.75, 3.05) is 9.62 Å². The van der Waals surface area contributed by atoms with Gasteiger partial charge in [-0.05, 0) is 86.1 Å². The summed E-state index contributed by atoms with van der Waals surface area (Å²) < 4.78 is 28.4. The van der Waals surface area contributed by atoms with Gasteiger partial charge in [-0.15, -0.1) is 0 Å². The molecule has 0 atom stereocenters. The maximum atomic E-state index is 13.4. The van der Waals surface area contributed by atoms with E-state index in [-0.39, 0.29) is 11.9 Å². The van der Waals surface area contributed by atoms with Gasteiger partial charge in [-0.25, -0.2) is 8.42 Å². The van der Waals surface area contributed by atoms with E-state index in [1.54, 1.807) is 34.6 Å². The Morgan fingerprint density at radius 3 is 2.30 bits per heavy atom. The highest BCUT2D eigenvalue weighted by Crippen LogP contribution is 2.37. The Balaban J connectivity index is 1.68. The molecule has 27 heavy (non-hydrogen) atoms. The third-order valence-electron chi connectivity index (χ3n) is 5.20. The molecule has 1 amide bonds. The zero-order valence-electron chi connectivity index (χ0n) is 15.4. The summed E-state index contributed by atoms with van der Waals surface area (Å²) in [5, 5.41) is 2.71. The summed E-state index contributed by atoms with van der Waals surface area (Å²) in [6, 6.07) is 12.6. The van der Waals surface area contributed by atoms with Gasteiger partial charge in [0.25, 0.3) is 10.0 Å². The van der Waals surface area contributed by atoms with E-state index in [9.17, 15) is 13.2 Å².